The van der Waals surface area contributed by atoms with E-state index in [0.717, 1.165) is 12.0 Å². The van der Waals surface area contributed by atoms with E-state index in [1.54, 1.807) is 30.6 Å². The molecule has 0 aliphatic heterocycles. The zero-order valence-electron chi connectivity index (χ0n) is 11.3. The average Bonchev–Trinajstić information content (AvgIpc) is 2.48. The van der Waals surface area contributed by atoms with Crippen LogP contribution in [0.15, 0.2) is 42.7 Å². The highest BCUT2D eigenvalue weighted by atomic mass is 19.1. The summed E-state index contributed by atoms with van der Waals surface area (Å²) in [6.07, 6.45) is 4.19. The van der Waals surface area contributed by atoms with Crippen LogP contribution in [-0.2, 0) is 0 Å². The Kier molecular flexibility index (Phi) is 5.03. The highest BCUT2D eigenvalue weighted by molar-refractivity contribution is 5.34. The molecule has 1 unspecified atom stereocenters. The van der Waals surface area contributed by atoms with Crippen LogP contribution in [0.2, 0.25) is 0 Å². The Hall–Kier alpha value is -1.98. The summed E-state index contributed by atoms with van der Waals surface area (Å²) in [6, 6.07) is 7.87. The van der Waals surface area contributed by atoms with Crippen LogP contribution >= 0.6 is 0 Å². The van der Waals surface area contributed by atoms with Gasteiger partial charge < -0.3 is 4.74 Å². The molecular formula is C15H18FN3O. The molecule has 1 aromatic carbocycles. The normalized spacial score (nSPS) is 12.2. The molecule has 0 spiro atoms. The van der Waals surface area contributed by atoms with Crippen molar-refractivity contribution in [3.63, 3.8) is 0 Å². The molecular weight excluding hydrogens is 257 g/mol. The smallest absolute Gasteiger partial charge is 0.137 e. The maximum absolute atomic E-state index is 13.9. The second-order valence-electron chi connectivity index (χ2n) is 4.42. The number of nitrogens with zero attached hydrogens (tertiary/aromatic N) is 1. The first-order valence-electron chi connectivity index (χ1n) is 6.54. The topological polar surface area (TPSA) is 60.2 Å². The van der Waals surface area contributed by atoms with E-state index in [0.29, 0.717) is 17.9 Å². The van der Waals surface area contributed by atoms with Crippen LogP contribution in [0.5, 0.6) is 5.75 Å². The van der Waals surface area contributed by atoms with Crippen molar-refractivity contribution in [2.45, 2.75) is 19.4 Å². The highest BCUT2D eigenvalue weighted by Gasteiger charge is 2.17. The van der Waals surface area contributed by atoms with Crippen molar-refractivity contribution in [2.75, 3.05) is 6.61 Å². The number of halogens is 1. The van der Waals surface area contributed by atoms with Crippen LogP contribution < -0.4 is 16.0 Å². The lowest BCUT2D eigenvalue weighted by Gasteiger charge is -2.18. The van der Waals surface area contributed by atoms with Crippen LogP contribution in [-0.4, -0.2) is 11.6 Å². The molecule has 4 nitrogen and oxygen atoms in total. The Labute approximate surface area is 117 Å². The average molecular weight is 275 g/mol. The molecule has 0 aliphatic rings. The lowest BCUT2D eigenvalue weighted by molar-refractivity contribution is 0.315. The van der Waals surface area contributed by atoms with E-state index < -0.39 is 6.04 Å². The van der Waals surface area contributed by atoms with E-state index in [1.165, 1.54) is 6.07 Å². The summed E-state index contributed by atoms with van der Waals surface area (Å²) in [5.41, 5.74) is 3.86. The summed E-state index contributed by atoms with van der Waals surface area (Å²) in [6.45, 7) is 2.65. The van der Waals surface area contributed by atoms with E-state index in [4.69, 9.17) is 10.6 Å². The minimum Gasteiger partial charge on any atom is -0.492 e. The van der Waals surface area contributed by atoms with Gasteiger partial charge in [-0.2, -0.15) is 0 Å². The SMILES string of the molecule is CCCOc1cncc(C(NN)c2ccccc2F)c1. The van der Waals surface area contributed by atoms with Gasteiger partial charge in [-0.25, -0.2) is 9.82 Å². The lowest BCUT2D eigenvalue weighted by Crippen LogP contribution is -2.29. The number of hydrogen-bond acceptors (Lipinski definition) is 4. The first kappa shape index (κ1) is 14.4. The summed E-state index contributed by atoms with van der Waals surface area (Å²) in [4.78, 5) is 4.12. The van der Waals surface area contributed by atoms with Crippen molar-refractivity contribution >= 4 is 0 Å². The number of rotatable bonds is 6. The quantitative estimate of drug-likeness (QED) is 0.628. The molecule has 0 amide bonds. The number of hydrogen-bond donors (Lipinski definition) is 2. The maximum atomic E-state index is 13.9. The van der Waals surface area contributed by atoms with Gasteiger partial charge in [0.2, 0.25) is 0 Å². The van der Waals surface area contributed by atoms with Crippen molar-refractivity contribution in [1.82, 2.24) is 10.4 Å². The third-order valence-electron chi connectivity index (χ3n) is 2.92. The largest absolute Gasteiger partial charge is 0.492 e. The Balaban J connectivity index is 2.30. The number of aromatic nitrogens is 1. The third kappa shape index (κ3) is 3.31. The number of nitrogens with one attached hydrogen (secondary N) is 1. The first-order chi connectivity index (χ1) is 9.76. The minimum atomic E-state index is -0.464. The fourth-order valence-electron chi connectivity index (χ4n) is 1.97. The van der Waals surface area contributed by atoms with Gasteiger partial charge in [-0.3, -0.25) is 10.8 Å². The van der Waals surface area contributed by atoms with Gasteiger partial charge in [0, 0.05) is 11.8 Å². The second kappa shape index (κ2) is 6.98. The van der Waals surface area contributed by atoms with Gasteiger partial charge in [-0.1, -0.05) is 25.1 Å². The summed E-state index contributed by atoms with van der Waals surface area (Å²) in [5.74, 6) is 5.91. The zero-order valence-corrected chi connectivity index (χ0v) is 11.3. The second-order valence-corrected chi connectivity index (χ2v) is 4.42. The van der Waals surface area contributed by atoms with Crippen molar-refractivity contribution < 1.29 is 9.13 Å². The minimum absolute atomic E-state index is 0.310. The molecule has 2 rings (SSSR count). The molecule has 0 bridgehead atoms. The Morgan fingerprint density at radius 2 is 2.15 bits per heavy atom. The predicted octanol–water partition coefficient (Wildman–Crippen LogP) is 2.56. The van der Waals surface area contributed by atoms with Gasteiger partial charge in [0.05, 0.1) is 18.8 Å². The molecule has 0 aliphatic carbocycles. The van der Waals surface area contributed by atoms with E-state index in [1.807, 2.05) is 13.0 Å². The molecule has 5 heteroatoms. The van der Waals surface area contributed by atoms with Crippen LogP contribution in [0.4, 0.5) is 4.39 Å². The zero-order chi connectivity index (χ0) is 14.4. The number of hydrazine groups is 1. The van der Waals surface area contributed by atoms with Gasteiger partial charge in [0.15, 0.2) is 0 Å². The van der Waals surface area contributed by atoms with Gasteiger partial charge in [0.25, 0.3) is 0 Å². The molecule has 2 aromatic rings. The molecule has 1 aromatic heterocycles. The number of nitrogens with two attached hydrogens (primary N) is 1. The molecule has 0 fully saturated rings. The Morgan fingerprint density at radius 3 is 2.85 bits per heavy atom. The van der Waals surface area contributed by atoms with Crippen molar-refractivity contribution in [1.29, 1.82) is 0 Å². The lowest BCUT2D eigenvalue weighted by atomic mass is 10.0. The molecule has 106 valence electrons. The van der Waals surface area contributed by atoms with E-state index >= 15 is 0 Å². The van der Waals surface area contributed by atoms with E-state index in [9.17, 15) is 4.39 Å². The van der Waals surface area contributed by atoms with Gasteiger partial charge in [0.1, 0.15) is 11.6 Å². The molecule has 0 saturated heterocycles. The van der Waals surface area contributed by atoms with Crippen molar-refractivity contribution in [3.05, 3.63) is 59.7 Å². The van der Waals surface area contributed by atoms with E-state index in [-0.39, 0.29) is 5.82 Å². The summed E-state index contributed by atoms with van der Waals surface area (Å²) in [5, 5.41) is 0. The third-order valence-corrected chi connectivity index (χ3v) is 2.92. The van der Waals surface area contributed by atoms with Crippen molar-refractivity contribution in [2.24, 2.45) is 5.84 Å². The Morgan fingerprint density at radius 1 is 1.35 bits per heavy atom. The van der Waals surface area contributed by atoms with Crippen molar-refractivity contribution in [3.8, 4) is 5.75 Å². The van der Waals surface area contributed by atoms with Gasteiger partial charge in [-0.05, 0) is 24.1 Å². The number of pyridine rings is 1. The summed E-state index contributed by atoms with van der Waals surface area (Å²) in [7, 11) is 0. The first-order valence-corrected chi connectivity index (χ1v) is 6.54. The van der Waals surface area contributed by atoms with Crippen LogP contribution in [0, 0.1) is 5.82 Å². The van der Waals surface area contributed by atoms with Crippen LogP contribution in [0.1, 0.15) is 30.5 Å². The monoisotopic (exact) mass is 275 g/mol. The molecule has 3 N–H and O–H groups in total. The van der Waals surface area contributed by atoms with Gasteiger partial charge in [-0.15, -0.1) is 0 Å². The fraction of sp³-hybridized carbons (Fsp3) is 0.267. The highest BCUT2D eigenvalue weighted by Crippen LogP contribution is 2.25. The number of benzene rings is 1. The molecule has 1 heterocycles. The molecule has 20 heavy (non-hydrogen) atoms. The summed E-state index contributed by atoms with van der Waals surface area (Å²) >= 11 is 0. The van der Waals surface area contributed by atoms with E-state index in [2.05, 4.69) is 10.4 Å². The van der Waals surface area contributed by atoms with Crippen LogP contribution in [0.3, 0.4) is 0 Å². The fourth-order valence-corrected chi connectivity index (χ4v) is 1.97. The molecule has 0 radical (unpaired) electrons. The molecule has 1 atom stereocenters. The number of ether oxygens (including phenoxy) is 1. The predicted molar refractivity (Wildman–Crippen MR) is 75.6 cm³/mol. The summed E-state index contributed by atoms with van der Waals surface area (Å²) < 4.78 is 19.4. The standard InChI is InChI=1S/C15H18FN3O/c1-2-7-20-12-8-11(9-18-10-12)15(19-17)13-5-3-4-6-14(13)16/h3-6,8-10,15,19H,2,7,17H2,1H3. The van der Waals surface area contributed by atoms with Gasteiger partial charge >= 0.3 is 0 Å². The maximum Gasteiger partial charge on any atom is 0.137 e. The van der Waals surface area contributed by atoms with Crippen LogP contribution in [0.25, 0.3) is 0 Å². The molecule has 0 saturated carbocycles. The Bertz CT molecular complexity index is 562.